The van der Waals surface area contributed by atoms with Crippen molar-refractivity contribution in [3.05, 3.63) is 18.0 Å². The van der Waals surface area contributed by atoms with Crippen molar-refractivity contribution < 1.29 is 0 Å². The molecule has 1 aromatic rings. The van der Waals surface area contributed by atoms with E-state index in [1.54, 1.807) is 12.3 Å². The van der Waals surface area contributed by atoms with Gasteiger partial charge in [-0.05, 0) is 26.8 Å². The van der Waals surface area contributed by atoms with E-state index in [1.807, 2.05) is 11.8 Å². The predicted octanol–water partition coefficient (Wildman–Crippen LogP) is 0.995. The second kappa shape index (κ2) is 4.72. The minimum Gasteiger partial charge on any atom is -0.382 e. The maximum atomic E-state index is 7.31. The van der Waals surface area contributed by atoms with Crippen LogP contribution in [0.2, 0.25) is 0 Å². The fraction of sp³-hybridized carbons (Fsp3) is 0.500. The van der Waals surface area contributed by atoms with Crippen LogP contribution in [0.3, 0.4) is 0 Å². The van der Waals surface area contributed by atoms with E-state index in [-0.39, 0.29) is 5.84 Å². The first kappa shape index (κ1) is 11.4. The Kier molecular flexibility index (Phi) is 3.60. The Bertz CT molecular complexity index is 347. The zero-order valence-corrected chi connectivity index (χ0v) is 9.36. The van der Waals surface area contributed by atoms with Gasteiger partial charge in [0.1, 0.15) is 11.5 Å². The van der Waals surface area contributed by atoms with Crippen LogP contribution in [0.4, 0.5) is 5.95 Å². The van der Waals surface area contributed by atoms with Crippen molar-refractivity contribution in [2.24, 2.45) is 5.73 Å². The van der Waals surface area contributed by atoms with Crippen molar-refractivity contribution >= 4 is 11.8 Å². The molecule has 15 heavy (non-hydrogen) atoms. The van der Waals surface area contributed by atoms with Gasteiger partial charge >= 0.3 is 0 Å². The summed E-state index contributed by atoms with van der Waals surface area (Å²) in [7, 11) is 0. The highest BCUT2D eigenvalue weighted by atomic mass is 15.3. The first-order valence-corrected chi connectivity index (χ1v) is 5.00. The summed E-state index contributed by atoms with van der Waals surface area (Å²) in [4.78, 5) is 10.5. The molecule has 0 saturated carbocycles. The molecule has 0 radical (unpaired) electrons. The number of nitrogens with two attached hydrogens (primary N) is 1. The number of amidine groups is 1. The number of anilines is 1. The van der Waals surface area contributed by atoms with Gasteiger partial charge in [0.15, 0.2) is 0 Å². The van der Waals surface area contributed by atoms with Crippen molar-refractivity contribution in [1.29, 1.82) is 5.41 Å². The van der Waals surface area contributed by atoms with Crippen LogP contribution in [-0.4, -0.2) is 28.4 Å². The second-order valence-electron chi connectivity index (χ2n) is 3.54. The molecule has 0 unspecified atom stereocenters. The average Bonchev–Trinajstić information content (AvgIpc) is 2.18. The summed E-state index contributed by atoms with van der Waals surface area (Å²) in [6.07, 6.45) is 1.63. The zero-order chi connectivity index (χ0) is 11.4. The van der Waals surface area contributed by atoms with E-state index in [4.69, 9.17) is 11.1 Å². The number of aromatic nitrogens is 2. The summed E-state index contributed by atoms with van der Waals surface area (Å²) in [6, 6.07) is 1.97. The van der Waals surface area contributed by atoms with Crippen LogP contribution in [-0.2, 0) is 0 Å². The van der Waals surface area contributed by atoms with Crippen molar-refractivity contribution in [2.45, 2.75) is 26.8 Å². The fourth-order valence-electron chi connectivity index (χ4n) is 1.37. The van der Waals surface area contributed by atoms with Crippen LogP contribution in [0.15, 0.2) is 12.3 Å². The van der Waals surface area contributed by atoms with E-state index < -0.39 is 0 Å². The molecule has 5 heteroatoms. The third-order valence-corrected chi connectivity index (χ3v) is 2.14. The SMILES string of the molecule is CCN(c1nccc(C(=N)N)n1)C(C)C. The monoisotopic (exact) mass is 207 g/mol. The molecule has 0 fully saturated rings. The number of nitrogen functional groups attached to an aromatic ring is 1. The minimum absolute atomic E-state index is 0.0292. The van der Waals surface area contributed by atoms with Crippen LogP contribution in [0, 0.1) is 5.41 Å². The number of nitrogens with one attached hydrogen (secondary N) is 1. The second-order valence-corrected chi connectivity index (χ2v) is 3.54. The Morgan fingerprint density at radius 1 is 1.60 bits per heavy atom. The van der Waals surface area contributed by atoms with Crippen LogP contribution >= 0.6 is 0 Å². The first-order chi connectivity index (χ1) is 7.06. The average molecular weight is 207 g/mol. The summed E-state index contributed by atoms with van der Waals surface area (Å²) < 4.78 is 0. The smallest absolute Gasteiger partial charge is 0.226 e. The lowest BCUT2D eigenvalue weighted by Crippen LogP contribution is -2.32. The zero-order valence-electron chi connectivity index (χ0n) is 9.36. The molecule has 0 aromatic carbocycles. The van der Waals surface area contributed by atoms with Crippen molar-refractivity contribution in [3.8, 4) is 0 Å². The number of hydrogen-bond acceptors (Lipinski definition) is 4. The minimum atomic E-state index is -0.0292. The molecule has 5 nitrogen and oxygen atoms in total. The Balaban J connectivity index is 3.03. The number of hydrogen-bond donors (Lipinski definition) is 2. The standard InChI is InChI=1S/C10H17N5/c1-4-15(7(2)3)10-13-6-5-8(14-10)9(11)12/h5-7H,4H2,1-3H3,(H3,11,12). The summed E-state index contributed by atoms with van der Waals surface area (Å²) >= 11 is 0. The molecule has 3 N–H and O–H groups in total. The van der Waals surface area contributed by atoms with E-state index >= 15 is 0 Å². The van der Waals surface area contributed by atoms with Gasteiger partial charge in [0.2, 0.25) is 5.95 Å². The van der Waals surface area contributed by atoms with Gasteiger partial charge in [-0.2, -0.15) is 0 Å². The summed E-state index contributed by atoms with van der Waals surface area (Å²) in [5, 5.41) is 7.31. The maximum absolute atomic E-state index is 7.31. The van der Waals surface area contributed by atoms with Crippen LogP contribution in [0.1, 0.15) is 26.5 Å². The van der Waals surface area contributed by atoms with Gasteiger partial charge in [-0.25, -0.2) is 9.97 Å². The molecular formula is C10H17N5. The van der Waals surface area contributed by atoms with Gasteiger partial charge in [-0.3, -0.25) is 5.41 Å². The molecule has 0 atom stereocenters. The topological polar surface area (TPSA) is 78.9 Å². The Labute approximate surface area is 89.8 Å². The lowest BCUT2D eigenvalue weighted by atomic mass is 10.3. The molecule has 0 spiro atoms. The van der Waals surface area contributed by atoms with Crippen molar-refractivity contribution in [3.63, 3.8) is 0 Å². The van der Waals surface area contributed by atoms with Crippen molar-refractivity contribution in [2.75, 3.05) is 11.4 Å². The maximum Gasteiger partial charge on any atom is 0.226 e. The quantitative estimate of drug-likeness (QED) is 0.570. The van der Waals surface area contributed by atoms with Crippen LogP contribution in [0.25, 0.3) is 0 Å². The largest absolute Gasteiger partial charge is 0.382 e. The van der Waals surface area contributed by atoms with E-state index in [0.29, 0.717) is 17.7 Å². The van der Waals surface area contributed by atoms with Gasteiger partial charge in [-0.15, -0.1) is 0 Å². The third kappa shape index (κ3) is 2.65. The van der Waals surface area contributed by atoms with Crippen LogP contribution in [0.5, 0.6) is 0 Å². The van der Waals surface area contributed by atoms with Gasteiger partial charge in [-0.1, -0.05) is 0 Å². The lowest BCUT2D eigenvalue weighted by molar-refractivity contribution is 0.680. The van der Waals surface area contributed by atoms with E-state index in [9.17, 15) is 0 Å². The molecule has 1 aromatic heterocycles. The molecule has 0 aliphatic heterocycles. The molecule has 0 saturated heterocycles. The summed E-state index contributed by atoms with van der Waals surface area (Å²) in [5.41, 5.74) is 5.85. The first-order valence-electron chi connectivity index (χ1n) is 5.00. The Hall–Kier alpha value is -1.65. The molecule has 0 aliphatic carbocycles. The highest BCUT2D eigenvalue weighted by molar-refractivity contribution is 5.93. The van der Waals surface area contributed by atoms with E-state index in [2.05, 4.69) is 23.8 Å². The van der Waals surface area contributed by atoms with Crippen LogP contribution < -0.4 is 10.6 Å². The summed E-state index contributed by atoms with van der Waals surface area (Å²) in [6.45, 7) is 7.03. The molecular weight excluding hydrogens is 190 g/mol. The predicted molar refractivity (Wildman–Crippen MR) is 61.2 cm³/mol. The van der Waals surface area contributed by atoms with E-state index in [0.717, 1.165) is 6.54 Å². The molecule has 1 rings (SSSR count). The normalized spacial score (nSPS) is 10.4. The number of nitrogens with zero attached hydrogens (tertiary/aromatic N) is 3. The van der Waals surface area contributed by atoms with Crippen molar-refractivity contribution in [1.82, 2.24) is 9.97 Å². The number of rotatable bonds is 4. The third-order valence-electron chi connectivity index (χ3n) is 2.14. The van der Waals surface area contributed by atoms with Gasteiger partial charge in [0, 0.05) is 18.8 Å². The van der Waals surface area contributed by atoms with Gasteiger partial charge in [0.25, 0.3) is 0 Å². The fourth-order valence-corrected chi connectivity index (χ4v) is 1.37. The molecule has 0 aliphatic rings. The Morgan fingerprint density at radius 3 is 2.73 bits per heavy atom. The van der Waals surface area contributed by atoms with Gasteiger partial charge < -0.3 is 10.6 Å². The highest BCUT2D eigenvalue weighted by Gasteiger charge is 2.11. The Morgan fingerprint density at radius 2 is 2.27 bits per heavy atom. The molecule has 82 valence electrons. The highest BCUT2D eigenvalue weighted by Crippen LogP contribution is 2.10. The lowest BCUT2D eigenvalue weighted by Gasteiger charge is -2.25. The summed E-state index contributed by atoms with van der Waals surface area (Å²) in [5.74, 6) is 0.596. The molecule has 1 heterocycles. The molecule has 0 bridgehead atoms. The van der Waals surface area contributed by atoms with Gasteiger partial charge in [0.05, 0.1) is 0 Å². The van der Waals surface area contributed by atoms with E-state index in [1.165, 1.54) is 0 Å². The molecule has 0 amide bonds.